The molecule has 2 fully saturated rings. The Morgan fingerprint density at radius 3 is 2.66 bits per heavy atom. The molecular weight excluding hydrogens is 380 g/mol. The maximum Gasteiger partial charge on any atom is 0.222 e. The van der Waals surface area contributed by atoms with Crippen molar-refractivity contribution >= 4 is 22.6 Å². The molecule has 5 nitrogen and oxygen atoms in total. The Balaban J connectivity index is 1.29. The maximum absolute atomic E-state index is 12.7. The number of carbonyl (C=O) groups excluding carboxylic acids is 1. The Hall–Kier alpha value is -1.95. The summed E-state index contributed by atoms with van der Waals surface area (Å²) in [7, 11) is 0. The van der Waals surface area contributed by atoms with Crippen LogP contribution in [0.1, 0.15) is 62.4 Å². The number of hydrogen-bond acceptors (Lipinski definition) is 5. The van der Waals surface area contributed by atoms with Gasteiger partial charge in [0.25, 0.3) is 0 Å². The highest BCUT2D eigenvalue weighted by molar-refractivity contribution is 7.09. The summed E-state index contributed by atoms with van der Waals surface area (Å²) >= 11 is 1.48. The molecule has 0 spiro atoms. The summed E-state index contributed by atoms with van der Waals surface area (Å²) in [6.07, 6.45) is 7.89. The van der Waals surface area contributed by atoms with Crippen LogP contribution in [0, 0.1) is 12.8 Å². The van der Waals surface area contributed by atoms with Gasteiger partial charge >= 0.3 is 0 Å². The third kappa shape index (κ3) is 5.16. The molecular formula is C23H32N4OS. The minimum atomic E-state index is 0.226. The second-order valence-electron chi connectivity index (χ2n) is 8.73. The van der Waals surface area contributed by atoms with Crippen LogP contribution >= 0.6 is 11.5 Å². The predicted octanol–water partition coefficient (Wildman–Crippen LogP) is 4.44. The van der Waals surface area contributed by atoms with Crippen LogP contribution in [0.25, 0.3) is 0 Å². The first-order valence-electron chi connectivity index (χ1n) is 11.0. The molecule has 0 radical (unpaired) electrons. The summed E-state index contributed by atoms with van der Waals surface area (Å²) < 4.78 is 4.57. The third-order valence-corrected chi connectivity index (χ3v) is 7.21. The lowest BCUT2D eigenvalue weighted by atomic mass is 10.0. The van der Waals surface area contributed by atoms with Gasteiger partial charge in [-0.05, 0) is 31.7 Å². The van der Waals surface area contributed by atoms with Gasteiger partial charge in [0.15, 0.2) is 0 Å². The van der Waals surface area contributed by atoms with Crippen LogP contribution in [0.4, 0.5) is 5.13 Å². The van der Waals surface area contributed by atoms with Gasteiger partial charge in [-0.3, -0.25) is 4.79 Å². The van der Waals surface area contributed by atoms with Crippen molar-refractivity contribution in [3.63, 3.8) is 0 Å². The quantitative estimate of drug-likeness (QED) is 0.704. The van der Waals surface area contributed by atoms with Crippen LogP contribution in [0.15, 0.2) is 24.3 Å². The monoisotopic (exact) mass is 412 g/mol. The van der Waals surface area contributed by atoms with E-state index in [1.54, 1.807) is 0 Å². The zero-order valence-corrected chi connectivity index (χ0v) is 18.5. The van der Waals surface area contributed by atoms with Gasteiger partial charge in [-0.1, -0.05) is 55.5 Å². The van der Waals surface area contributed by atoms with Crippen molar-refractivity contribution in [1.82, 2.24) is 14.3 Å². The third-order valence-electron chi connectivity index (χ3n) is 6.40. The van der Waals surface area contributed by atoms with Crippen molar-refractivity contribution in [3.05, 3.63) is 41.2 Å². The lowest BCUT2D eigenvalue weighted by Gasteiger charge is -2.39. The van der Waals surface area contributed by atoms with E-state index < -0.39 is 0 Å². The van der Waals surface area contributed by atoms with Gasteiger partial charge in [0.2, 0.25) is 11.0 Å². The van der Waals surface area contributed by atoms with Gasteiger partial charge in [-0.15, -0.1) is 0 Å². The lowest BCUT2D eigenvalue weighted by Crippen LogP contribution is -2.54. The zero-order chi connectivity index (χ0) is 20.2. The predicted molar refractivity (Wildman–Crippen MR) is 118 cm³/mol. The molecule has 4 rings (SSSR count). The van der Waals surface area contributed by atoms with E-state index in [1.165, 1.54) is 48.3 Å². The Morgan fingerprint density at radius 1 is 1.17 bits per heavy atom. The minimum Gasteiger partial charge on any atom is -0.343 e. The number of nitrogens with zero attached hydrogens (tertiary/aromatic N) is 4. The van der Waals surface area contributed by atoms with Crippen molar-refractivity contribution < 1.29 is 4.79 Å². The van der Waals surface area contributed by atoms with Crippen LogP contribution in [-0.4, -0.2) is 45.8 Å². The molecule has 1 saturated heterocycles. The summed E-state index contributed by atoms with van der Waals surface area (Å²) in [5.41, 5.74) is 2.51. The van der Waals surface area contributed by atoms with Crippen LogP contribution in [0.3, 0.4) is 0 Å². The van der Waals surface area contributed by atoms with Crippen LogP contribution in [-0.2, 0) is 11.2 Å². The van der Waals surface area contributed by atoms with E-state index in [0.717, 1.165) is 49.3 Å². The van der Waals surface area contributed by atoms with Crippen molar-refractivity contribution in [1.29, 1.82) is 0 Å². The van der Waals surface area contributed by atoms with Gasteiger partial charge in [-0.25, -0.2) is 4.98 Å². The summed E-state index contributed by atoms with van der Waals surface area (Å²) in [6, 6.07) is 8.78. The molecule has 2 aromatic rings. The molecule has 6 heteroatoms. The standard InChI is InChI=1S/C23H32N4OS/c1-17-7-9-20(10-8-17)15-21-24-23(29-25-21)26-13-14-27(18(2)16-26)22(28)12-11-19-5-3-4-6-19/h7-10,18-19H,3-6,11-16H2,1-2H3/t18-/m0/s1. The summed E-state index contributed by atoms with van der Waals surface area (Å²) in [5, 5.41) is 0.983. The average Bonchev–Trinajstić information content (AvgIpc) is 3.40. The van der Waals surface area contributed by atoms with Crippen molar-refractivity contribution in [2.24, 2.45) is 5.92 Å². The average molecular weight is 413 g/mol. The fourth-order valence-electron chi connectivity index (χ4n) is 4.61. The van der Waals surface area contributed by atoms with E-state index in [2.05, 4.69) is 52.3 Å². The first-order valence-corrected chi connectivity index (χ1v) is 11.8. The van der Waals surface area contributed by atoms with E-state index in [9.17, 15) is 4.79 Å². The molecule has 0 unspecified atom stereocenters. The molecule has 1 aromatic heterocycles. The Labute approximate surface area is 178 Å². The van der Waals surface area contributed by atoms with Gasteiger partial charge in [0.1, 0.15) is 5.82 Å². The molecule has 1 amide bonds. The molecule has 156 valence electrons. The molecule has 1 aromatic carbocycles. The molecule has 1 aliphatic heterocycles. The molecule has 1 atom stereocenters. The minimum absolute atomic E-state index is 0.226. The van der Waals surface area contributed by atoms with Crippen molar-refractivity contribution in [2.75, 3.05) is 24.5 Å². The summed E-state index contributed by atoms with van der Waals surface area (Å²) in [6.45, 7) is 6.74. The van der Waals surface area contributed by atoms with Crippen molar-refractivity contribution in [2.45, 2.75) is 64.8 Å². The first-order chi connectivity index (χ1) is 14.1. The number of benzene rings is 1. The molecule has 29 heavy (non-hydrogen) atoms. The SMILES string of the molecule is Cc1ccc(Cc2nsc(N3CCN(C(=O)CCC4CCCC4)[C@@H](C)C3)n2)cc1. The highest BCUT2D eigenvalue weighted by atomic mass is 32.1. The second kappa shape index (κ2) is 9.24. The molecule has 2 aliphatic rings. The molecule has 1 aliphatic carbocycles. The van der Waals surface area contributed by atoms with E-state index in [0.29, 0.717) is 12.3 Å². The largest absolute Gasteiger partial charge is 0.343 e. The Kier molecular flexibility index (Phi) is 6.48. The number of aromatic nitrogens is 2. The smallest absolute Gasteiger partial charge is 0.222 e. The normalized spacial score (nSPS) is 20.4. The topological polar surface area (TPSA) is 49.3 Å². The number of anilines is 1. The number of carbonyl (C=O) groups is 1. The molecule has 0 N–H and O–H groups in total. The maximum atomic E-state index is 12.7. The van der Waals surface area contributed by atoms with E-state index >= 15 is 0 Å². The number of hydrogen-bond donors (Lipinski definition) is 0. The van der Waals surface area contributed by atoms with Crippen molar-refractivity contribution in [3.8, 4) is 0 Å². The summed E-state index contributed by atoms with van der Waals surface area (Å²) in [4.78, 5) is 21.9. The van der Waals surface area contributed by atoms with Gasteiger partial charge in [0, 0.05) is 50.1 Å². The van der Waals surface area contributed by atoms with Crippen LogP contribution in [0.2, 0.25) is 0 Å². The number of rotatable bonds is 6. The number of piperazine rings is 1. The van der Waals surface area contributed by atoms with Gasteiger partial charge in [-0.2, -0.15) is 4.37 Å². The van der Waals surface area contributed by atoms with Gasteiger partial charge in [0.05, 0.1) is 0 Å². The Bertz CT molecular complexity index is 813. The van der Waals surface area contributed by atoms with Crippen LogP contribution < -0.4 is 4.90 Å². The lowest BCUT2D eigenvalue weighted by molar-refractivity contribution is -0.133. The Morgan fingerprint density at radius 2 is 1.93 bits per heavy atom. The highest BCUT2D eigenvalue weighted by Gasteiger charge is 2.29. The number of aryl methyl sites for hydroxylation is 1. The highest BCUT2D eigenvalue weighted by Crippen LogP contribution is 2.29. The van der Waals surface area contributed by atoms with Gasteiger partial charge < -0.3 is 9.80 Å². The first kappa shape index (κ1) is 20.3. The van der Waals surface area contributed by atoms with E-state index in [1.807, 2.05) is 0 Å². The molecule has 2 heterocycles. The molecule has 0 bridgehead atoms. The van der Waals surface area contributed by atoms with Crippen LogP contribution in [0.5, 0.6) is 0 Å². The van der Waals surface area contributed by atoms with E-state index in [-0.39, 0.29) is 6.04 Å². The van der Waals surface area contributed by atoms with E-state index in [4.69, 9.17) is 4.98 Å². The fourth-order valence-corrected chi connectivity index (χ4v) is 5.33. The second-order valence-corrected chi connectivity index (χ2v) is 9.46. The fraction of sp³-hybridized carbons (Fsp3) is 0.609. The zero-order valence-electron chi connectivity index (χ0n) is 17.6. The molecule has 1 saturated carbocycles. The summed E-state index contributed by atoms with van der Waals surface area (Å²) in [5.74, 6) is 2.00. The number of amides is 1.